The van der Waals surface area contributed by atoms with Gasteiger partial charge in [-0.1, -0.05) is 79.5 Å². The van der Waals surface area contributed by atoms with Crippen molar-refractivity contribution >= 4 is 40.9 Å². The smallest absolute Gasteiger partial charge is 0.241 e. The highest BCUT2D eigenvalue weighted by atomic mass is 35.5. The number of carbonyl (C=O) groups excluding carboxylic acids is 1. The Labute approximate surface area is 233 Å². The molecule has 0 saturated carbocycles. The van der Waals surface area contributed by atoms with Gasteiger partial charge in [0.15, 0.2) is 0 Å². The average molecular weight is 562 g/mol. The predicted octanol–water partition coefficient (Wildman–Crippen LogP) is 6.60. The molecule has 1 atom stereocenters. The van der Waals surface area contributed by atoms with Gasteiger partial charge in [-0.05, 0) is 48.1 Å². The van der Waals surface area contributed by atoms with Crippen LogP contribution in [-0.2, 0) is 22.5 Å². The number of thioether (sulfide) groups is 1. The molecule has 1 amide bonds. The van der Waals surface area contributed by atoms with E-state index >= 15 is 0 Å². The molecule has 9 heteroatoms. The van der Waals surface area contributed by atoms with Crippen LogP contribution in [0, 0.1) is 5.92 Å². The fourth-order valence-corrected chi connectivity index (χ4v) is 5.79. The lowest BCUT2D eigenvalue weighted by Gasteiger charge is -2.30. The first-order chi connectivity index (χ1) is 17.7. The Hall–Kier alpha value is -2.06. The molecule has 0 radical (unpaired) electrons. The number of carbonyl (C=O) groups is 1. The number of rotatable bonds is 9. The molecule has 1 saturated heterocycles. The first-order valence-corrected chi connectivity index (χ1v) is 14.6. The van der Waals surface area contributed by atoms with Crippen molar-refractivity contribution in [1.82, 2.24) is 20.4 Å². The van der Waals surface area contributed by atoms with Crippen molar-refractivity contribution in [1.29, 1.82) is 0 Å². The Balaban J connectivity index is 1.21. The summed E-state index contributed by atoms with van der Waals surface area (Å²) in [6.45, 7) is 9.37. The summed E-state index contributed by atoms with van der Waals surface area (Å²) in [5, 5.41) is 8.59. The van der Waals surface area contributed by atoms with E-state index in [1.165, 1.54) is 5.56 Å². The highest BCUT2D eigenvalue weighted by molar-refractivity contribution is 7.98. The number of aromatic nitrogens is 2. The van der Waals surface area contributed by atoms with Crippen LogP contribution in [-0.4, -0.2) is 46.3 Å². The third kappa shape index (κ3) is 7.96. The second kappa shape index (κ2) is 12.7. The van der Waals surface area contributed by atoms with Gasteiger partial charge in [-0.3, -0.25) is 9.69 Å². The number of benzene rings is 2. The SMILES string of the molecule is CC(C)(C)c1ccc(-c2noc(CN3CCCC(C(=O)NCCSCc4ccc(Cl)cc4Cl)C3)n2)cc1. The Bertz CT molecular complexity index is 1190. The Kier molecular flexibility index (Phi) is 9.57. The summed E-state index contributed by atoms with van der Waals surface area (Å²) in [4.78, 5) is 19.6. The molecule has 4 rings (SSSR count). The Morgan fingerprint density at radius 3 is 2.70 bits per heavy atom. The van der Waals surface area contributed by atoms with Crippen LogP contribution in [0.1, 0.15) is 50.6 Å². The van der Waals surface area contributed by atoms with Gasteiger partial charge in [-0.25, -0.2) is 0 Å². The van der Waals surface area contributed by atoms with Crippen molar-refractivity contribution < 1.29 is 9.32 Å². The summed E-state index contributed by atoms with van der Waals surface area (Å²) in [7, 11) is 0. The molecule has 1 aromatic heterocycles. The molecule has 2 aromatic carbocycles. The van der Waals surface area contributed by atoms with Crippen LogP contribution < -0.4 is 5.32 Å². The van der Waals surface area contributed by atoms with Gasteiger partial charge in [0.1, 0.15) is 0 Å². The van der Waals surface area contributed by atoms with Crippen LogP contribution in [0.3, 0.4) is 0 Å². The first kappa shape index (κ1) is 28.0. The fourth-order valence-electron chi connectivity index (χ4n) is 4.37. The minimum atomic E-state index is -0.0307. The molecule has 3 aromatic rings. The van der Waals surface area contributed by atoms with E-state index in [1.54, 1.807) is 17.8 Å². The van der Waals surface area contributed by atoms with Crippen LogP contribution in [0.5, 0.6) is 0 Å². The second-order valence-electron chi connectivity index (χ2n) is 10.5. The average Bonchev–Trinajstić information content (AvgIpc) is 3.33. The molecule has 0 bridgehead atoms. The van der Waals surface area contributed by atoms with Gasteiger partial charge < -0.3 is 9.84 Å². The van der Waals surface area contributed by atoms with Gasteiger partial charge in [0.05, 0.1) is 12.5 Å². The summed E-state index contributed by atoms with van der Waals surface area (Å²) < 4.78 is 5.54. The van der Waals surface area contributed by atoms with Gasteiger partial charge in [-0.15, -0.1) is 0 Å². The van der Waals surface area contributed by atoms with E-state index in [0.717, 1.165) is 42.0 Å². The van der Waals surface area contributed by atoms with E-state index in [9.17, 15) is 4.79 Å². The molecule has 1 unspecified atom stereocenters. The van der Waals surface area contributed by atoms with Crippen LogP contribution >= 0.6 is 35.0 Å². The predicted molar refractivity (Wildman–Crippen MR) is 152 cm³/mol. The van der Waals surface area contributed by atoms with Crippen molar-refractivity contribution in [3.63, 3.8) is 0 Å². The summed E-state index contributed by atoms with van der Waals surface area (Å²) in [6.07, 6.45) is 1.86. The van der Waals surface area contributed by atoms with Gasteiger partial charge in [-0.2, -0.15) is 16.7 Å². The number of nitrogens with one attached hydrogen (secondary N) is 1. The van der Waals surface area contributed by atoms with Crippen LogP contribution in [0.2, 0.25) is 10.0 Å². The molecule has 6 nitrogen and oxygen atoms in total. The normalized spacial score (nSPS) is 16.6. The van der Waals surface area contributed by atoms with Crippen molar-refractivity contribution in [3.8, 4) is 11.4 Å². The van der Waals surface area contributed by atoms with E-state index in [4.69, 9.17) is 27.7 Å². The van der Waals surface area contributed by atoms with E-state index in [0.29, 0.717) is 41.4 Å². The summed E-state index contributed by atoms with van der Waals surface area (Å²) >= 11 is 13.9. The maximum absolute atomic E-state index is 12.8. The maximum Gasteiger partial charge on any atom is 0.241 e. The molecule has 0 aliphatic carbocycles. The van der Waals surface area contributed by atoms with Gasteiger partial charge in [0.2, 0.25) is 17.6 Å². The largest absolute Gasteiger partial charge is 0.355 e. The summed E-state index contributed by atoms with van der Waals surface area (Å²) in [6, 6.07) is 13.9. The lowest BCUT2D eigenvalue weighted by atomic mass is 9.87. The molecule has 1 N–H and O–H groups in total. The first-order valence-electron chi connectivity index (χ1n) is 12.6. The third-order valence-electron chi connectivity index (χ3n) is 6.53. The number of hydrogen-bond acceptors (Lipinski definition) is 6. The third-order valence-corrected chi connectivity index (χ3v) is 8.13. The van der Waals surface area contributed by atoms with Crippen molar-refractivity contribution in [2.24, 2.45) is 5.92 Å². The van der Waals surface area contributed by atoms with Crippen LogP contribution in [0.4, 0.5) is 0 Å². The van der Waals surface area contributed by atoms with Crippen LogP contribution in [0.25, 0.3) is 11.4 Å². The minimum absolute atomic E-state index is 0.0307. The highest BCUT2D eigenvalue weighted by Gasteiger charge is 2.27. The van der Waals surface area contributed by atoms with Crippen molar-refractivity contribution in [2.75, 3.05) is 25.4 Å². The molecule has 2 heterocycles. The molecule has 198 valence electrons. The molecular weight excluding hydrogens is 527 g/mol. The molecular formula is C28H34Cl2N4O2S. The van der Waals surface area contributed by atoms with Crippen molar-refractivity contribution in [2.45, 2.75) is 51.3 Å². The molecule has 37 heavy (non-hydrogen) atoms. The zero-order valence-electron chi connectivity index (χ0n) is 21.6. The van der Waals surface area contributed by atoms with E-state index in [1.807, 2.05) is 24.3 Å². The topological polar surface area (TPSA) is 71.3 Å². The molecule has 1 aliphatic rings. The van der Waals surface area contributed by atoms with Gasteiger partial charge in [0, 0.05) is 40.2 Å². The zero-order chi connectivity index (χ0) is 26.4. The standard InChI is InChI=1S/C28H34Cl2N4O2S/c1-28(2,3)22-9-6-19(7-10-22)26-32-25(36-33-26)17-34-13-4-5-20(16-34)27(35)31-12-14-37-18-21-8-11-23(29)15-24(21)30/h6-11,15,20H,4-5,12-14,16-18H2,1-3H3,(H,31,35). The minimum Gasteiger partial charge on any atom is -0.355 e. The van der Waals surface area contributed by atoms with Crippen LogP contribution in [0.15, 0.2) is 47.0 Å². The summed E-state index contributed by atoms with van der Waals surface area (Å²) in [5.74, 6) is 2.86. The lowest BCUT2D eigenvalue weighted by molar-refractivity contribution is -0.126. The summed E-state index contributed by atoms with van der Waals surface area (Å²) in [5.41, 5.74) is 3.36. The lowest BCUT2D eigenvalue weighted by Crippen LogP contribution is -2.43. The number of halogens is 2. The van der Waals surface area contributed by atoms with Crippen molar-refractivity contribution in [3.05, 3.63) is 69.5 Å². The zero-order valence-corrected chi connectivity index (χ0v) is 23.9. The number of amides is 1. The number of likely N-dealkylation sites (tertiary alicyclic amines) is 1. The maximum atomic E-state index is 12.8. The molecule has 1 aliphatic heterocycles. The quantitative estimate of drug-likeness (QED) is 0.297. The monoisotopic (exact) mass is 560 g/mol. The molecule has 0 spiro atoms. The van der Waals surface area contributed by atoms with E-state index in [-0.39, 0.29) is 17.2 Å². The van der Waals surface area contributed by atoms with Gasteiger partial charge in [0.25, 0.3) is 0 Å². The number of hydrogen-bond donors (Lipinski definition) is 1. The number of nitrogens with zero attached hydrogens (tertiary/aromatic N) is 3. The molecule has 1 fully saturated rings. The van der Waals surface area contributed by atoms with E-state index in [2.05, 4.69) is 53.3 Å². The van der Waals surface area contributed by atoms with Gasteiger partial charge >= 0.3 is 0 Å². The fraction of sp³-hybridized carbons (Fsp3) is 0.464. The second-order valence-corrected chi connectivity index (χ2v) is 12.4. The Morgan fingerprint density at radius 1 is 1.19 bits per heavy atom. The number of piperidine rings is 1. The highest BCUT2D eigenvalue weighted by Crippen LogP contribution is 2.26. The van der Waals surface area contributed by atoms with E-state index < -0.39 is 0 Å². The Morgan fingerprint density at radius 2 is 1.97 bits per heavy atom.